The van der Waals surface area contributed by atoms with Gasteiger partial charge in [0.15, 0.2) is 15.7 Å². The minimum absolute atomic E-state index is 0.110. The van der Waals surface area contributed by atoms with Crippen molar-refractivity contribution in [2.24, 2.45) is 0 Å². The summed E-state index contributed by atoms with van der Waals surface area (Å²) in [5.74, 6) is 0.103. The van der Waals surface area contributed by atoms with Gasteiger partial charge >= 0.3 is 6.09 Å². The van der Waals surface area contributed by atoms with Crippen LogP contribution < -0.4 is 15.4 Å². The molecule has 2 N–H and O–H groups in total. The lowest BCUT2D eigenvalue weighted by Gasteiger charge is -2.34. The summed E-state index contributed by atoms with van der Waals surface area (Å²) in [5, 5.41) is 5.71. The van der Waals surface area contributed by atoms with Crippen LogP contribution in [0.15, 0.2) is 47.5 Å². The number of carbonyl (C=O) groups is 1. The standard InChI is InChI=1S/C33H44ClN5O5S/c1-20(2)43-28-18-24(23-13-15-39(16-14-23)32(40)44-33(6,7)8)22(5)17-27(28)37-31-35-19-25(34)30(38-31)36-26-11-9-10-12-29(26)45(41,42)21(3)4/h9-12,17-21,23H,13-16H2,1-8H3,(H2,35,36,37,38)/i15D2,16D2. The number of rotatable bonds is 9. The fourth-order valence-electron chi connectivity index (χ4n) is 4.62. The number of sulfone groups is 1. The Bertz CT molecular complexity index is 1800. The van der Waals surface area contributed by atoms with Crippen molar-refractivity contribution in [3.8, 4) is 5.75 Å². The van der Waals surface area contributed by atoms with Gasteiger partial charge in [0.2, 0.25) is 5.95 Å². The van der Waals surface area contributed by atoms with Gasteiger partial charge in [-0.05, 0) is 110 Å². The Balaban J connectivity index is 1.67. The largest absolute Gasteiger partial charge is 0.489 e. The SMILES string of the molecule is [2H]C1([2H])CC(c2cc(OC(C)C)c(Nc3ncc(Cl)c(Nc4ccccc4S(=O)(=O)C(C)C)n3)cc2C)CC([2H])([2H])N1C(=O)OC(C)(C)C. The third kappa shape index (κ3) is 8.58. The minimum Gasteiger partial charge on any atom is -0.489 e. The normalized spacial score (nSPS) is 18.1. The van der Waals surface area contributed by atoms with Gasteiger partial charge in [0.25, 0.3) is 0 Å². The maximum atomic E-state index is 13.0. The average molecular weight is 662 g/mol. The summed E-state index contributed by atoms with van der Waals surface area (Å²) in [6.45, 7) is 8.98. The highest BCUT2D eigenvalue weighted by Crippen LogP contribution is 2.38. The van der Waals surface area contributed by atoms with Crippen LogP contribution in [0.5, 0.6) is 5.75 Å². The zero-order valence-electron chi connectivity index (χ0n) is 30.9. The molecule has 1 saturated heterocycles. The zero-order chi connectivity index (χ0) is 36.7. The van der Waals surface area contributed by atoms with E-state index in [4.69, 9.17) is 26.6 Å². The third-order valence-electron chi connectivity index (χ3n) is 6.80. The van der Waals surface area contributed by atoms with Gasteiger partial charge in [0.05, 0.1) is 33.8 Å². The molecule has 0 aliphatic carbocycles. The van der Waals surface area contributed by atoms with E-state index < -0.39 is 45.7 Å². The van der Waals surface area contributed by atoms with Gasteiger partial charge in [-0.2, -0.15) is 4.98 Å². The van der Waals surface area contributed by atoms with E-state index >= 15 is 0 Å². The average Bonchev–Trinajstić information content (AvgIpc) is 2.93. The number of hydrogen-bond donors (Lipinski definition) is 2. The molecule has 4 rings (SSSR count). The van der Waals surface area contributed by atoms with Gasteiger partial charge in [-0.15, -0.1) is 0 Å². The first-order valence-corrected chi connectivity index (χ1v) is 16.7. The van der Waals surface area contributed by atoms with Gasteiger partial charge in [-0.25, -0.2) is 18.2 Å². The van der Waals surface area contributed by atoms with Crippen LogP contribution in [0.1, 0.15) is 83.8 Å². The Kier molecular flexibility index (Phi) is 8.87. The third-order valence-corrected chi connectivity index (χ3v) is 9.28. The summed E-state index contributed by atoms with van der Waals surface area (Å²) >= 11 is 6.43. The molecular weight excluding hydrogens is 614 g/mol. The Hall–Kier alpha value is -3.57. The van der Waals surface area contributed by atoms with Crippen molar-refractivity contribution < 1.29 is 28.2 Å². The molecule has 2 aromatic carbocycles. The van der Waals surface area contributed by atoms with Crippen molar-refractivity contribution >= 4 is 50.7 Å². The maximum Gasteiger partial charge on any atom is 0.410 e. The lowest BCUT2D eigenvalue weighted by molar-refractivity contribution is 0.0204. The van der Waals surface area contributed by atoms with Crippen LogP contribution in [0, 0.1) is 6.92 Å². The van der Waals surface area contributed by atoms with E-state index in [9.17, 15) is 13.2 Å². The number of likely N-dealkylation sites (tertiary alicyclic amines) is 1. The van der Waals surface area contributed by atoms with Crippen molar-refractivity contribution in [1.29, 1.82) is 0 Å². The van der Waals surface area contributed by atoms with Crippen LogP contribution in [0.25, 0.3) is 0 Å². The van der Waals surface area contributed by atoms with Crippen LogP contribution in [0.3, 0.4) is 0 Å². The van der Waals surface area contributed by atoms with Gasteiger partial charge in [0, 0.05) is 18.5 Å². The number of halogens is 1. The highest BCUT2D eigenvalue weighted by atomic mass is 35.5. The molecule has 1 aliphatic heterocycles. The molecule has 12 heteroatoms. The second kappa shape index (κ2) is 13.8. The Morgan fingerprint density at radius 1 is 1.09 bits per heavy atom. The Morgan fingerprint density at radius 2 is 1.76 bits per heavy atom. The molecule has 1 amide bonds. The van der Waals surface area contributed by atoms with Gasteiger partial charge in [-0.3, -0.25) is 0 Å². The highest BCUT2D eigenvalue weighted by Gasteiger charge is 2.29. The van der Waals surface area contributed by atoms with E-state index in [-0.39, 0.29) is 40.6 Å². The van der Waals surface area contributed by atoms with E-state index in [2.05, 4.69) is 20.6 Å². The van der Waals surface area contributed by atoms with Crippen LogP contribution >= 0.6 is 11.6 Å². The number of nitrogens with zero attached hydrogens (tertiary/aromatic N) is 3. The van der Waals surface area contributed by atoms with Gasteiger partial charge < -0.3 is 25.0 Å². The lowest BCUT2D eigenvalue weighted by atomic mass is 9.86. The van der Waals surface area contributed by atoms with Crippen molar-refractivity contribution in [3.05, 3.63) is 58.7 Å². The molecule has 0 radical (unpaired) electrons. The molecule has 244 valence electrons. The molecule has 0 unspecified atom stereocenters. The summed E-state index contributed by atoms with van der Waals surface area (Å²) in [6, 6.07) is 10.0. The predicted octanol–water partition coefficient (Wildman–Crippen LogP) is 8.01. The summed E-state index contributed by atoms with van der Waals surface area (Å²) in [6.07, 6.45) is -0.257. The summed E-state index contributed by atoms with van der Waals surface area (Å²) < 4.78 is 72.4. The van der Waals surface area contributed by atoms with E-state index in [1.54, 1.807) is 65.0 Å². The van der Waals surface area contributed by atoms with Crippen molar-refractivity contribution in [2.75, 3.05) is 23.6 Å². The van der Waals surface area contributed by atoms with E-state index in [0.717, 1.165) is 5.56 Å². The fraction of sp³-hybridized carbons (Fsp3) is 0.485. The number of benzene rings is 2. The molecule has 1 fully saturated rings. The quantitative estimate of drug-likeness (QED) is 0.235. The number of piperidine rings is 1. The first kappa shape index (κ1) is 28.9. The van der Waals surface area contributed by atoms with Crippen molar-refractivity contribution in [3.63, 3.8) is 0 Å². The molecule has 0 bridgehead atoms. The number of aromatic nitrogens is 2. The number of ether oxygens (including phenoxy) is 2. The molecule has 0 atom stereocenters. The van der Waals surface area contributed by atoms with Crippen LogP contribution in [-0.4, -0.2) is 59.3 Å². The first-order chi connectivity index (χ1) is 22.5. The molecule has 3 aromatic rings. The molecule has 10 nitrogen and oxygen atoms in total. The molecular formula is C33H44ClN5O5S. The highest BCUT2D eigenvalue weighted by molar-refractivity contribution is 7.92. The number of carbonyl (C=O) groups excluding carboxylic acids is 1. The fourth-order valence-corrected chi connectivity index (χ4v) is 5.96. The van der Waals surface area contributed by atoms with Crippen molar-refractivity contribution in [2.45, 2.75) is 96.0 Å². The molecule has 1 aromatic heterocycles. The van der Waals surface area contributed by atoms with Crippen LogP contribution in [-0.2, 0) is 14.6 Å². The number of hydrogen-bond acceptors (Lipinski definition) is 9. The number of aryl methyl sites for hydroxylation is 1. The Morgan fingerprint density at radius 3 is 2.38 bits per heavy atom. The zero-order valence-corrected chi connectivity index (χ0v) is 28.4. The maximum absolute atomic E-state index is 13.0. The number of amides is 1. The number of nitrogens with one attached hydrogen (secondary N) is 2. The molecule has 1 aliphatic rings. The predicted molar refractivity (Wildman–Crippen MR) is 179 cm³/mol. The summed E-state index contributed by atoms with van der Waals surface area (Å²) in [4.78, 5) is 22.4. The summed E-state index contributed by atoms with van der Waals surface area (Å²) in [5.41, 5.74) is 1.26. The summed E-state index contributed by atoms with van der Waals surface area (Å²) in [7, 11) is -3.62. The van der Waals surface area contributed by atoms with Crippen LogP contribution in [0.2, 0.25) is 5.02 Å². The molecule has 0 saturated carbocycles. The van der Waals surface area contributed by atoms with Crippen molar-refractivity contribution in [1.82, 2.24) is 14.9 Å². The monoisotopic (exact) mass is 661 g/mol. The smallest absolute Gasteiger partial charge is 0.410 e. The lowest BCUT2D eigenvalue weighted by Crippen LogP contribution is -2.41. The topological polar surface area (TPSA) is 123 Å². The Labute approximate surface area is 277 Å². The van der Waals surface area contributed by atoms with Crippen LogP contribution in [0.4, 0.5) is 27.9 Å². The second-order valence-electron chi connectivity index (χ2n) is 12.3. The molecule has 45 heavy (non-hydrogen) atoms. The second-order valence-corrected chi connectivity index (χ2v) is 15.2. The number of para-hydroxylation sites is 1. The van der Waals surface area contributed by atoms with E-state index in [0.29, 0.717) is 27.6 Å². The van der Waals surface area contributed by atoms with E-state index in [1.165, 1.54) is 12.3 Å². The van der Waals surface area contributed by atoms with E-state index in [1.807, 2.05) is 20.8 Å². The molecule has 0 spiro atoms. The minimum atomic E-state index is -3.62. The number of anilines is 4. The van der Waals surface area contributed by atoms with Gasteiger partial charge in [-0.1, -0.05) is 23.7 Å². The van der Waals surface area contributed by atoms with Gasteiger partial charge in [0.1, 0.15) is 16.4 Å². The molecule has 2 heterocycles. The first-order valence-electron chi connectivity index (χ1n) is 16.8.